The molecule has 0 amide bonds. The summed E-state index contributed by atoms with van der Waals surface area (Å²) in [4.78, 5) is 14.8. The van der Waals surface area contributed by atoms with Gasteiger partial charge in [-0.2, -0.15) is 16.3 Å². The molecule has 0 aromatic carbocycles. The minimum Gasteiger partial charge on any atom is -0.481 e. The normalized spacial score (nSPS) is 12.5. The molecule has 0 saturated heterocycles. The summed E-state index contributed by atoms with van der Waals surface area (Å²) >= 11 is 3.08. The fourth-order valence-corrected chi connectivity index (χ4v) is 2.78. The summed E-state index contributed by atoms with van der Waals surface area (Å²) in [6.07, 6.45) is 0.139. The van der Waals surface area contributed by atoms with Gasteiger partial charge in [-0.15, -0.1) is 11.8 Å². The number of hydrogen-bond donors (Lipinski definition) is 1. The molecule has 7 heteroatoms. The Morgan fingerprint density at radius 2 is 2.50 bits per heavy atom. The van der Waals surface area contributed by atoms with E-state index in [0.717, 1.165) is 5.56 Å². The van der Waals surface area contributed by atoms with Gasteiger partial charge in [-0.3, -0.25) is 4.79 Å². The van der Waals surface area contributed by atoms with Crippen molar-refractivity contribution in [1.29, 1.82) is 0 Å². The van der Waals surface area contributed by atoms with Gasteiger partial charge in [0.05, 0.1) is 17.7 Å². The number of carbonyl (C=O) groups is 1. The van der Waals surface area contributed by atoms with Crippen molar-refractivity contribution in [2.45, 2.75) is 24.3 Å². The van der Waals surface area contributed by atoms with Gasteiger partial charge in [0.25, 0.3) is 5.89 Å². The third kappa shape index (κ3) is 3.58. The first-order chi connectivity index (χ1) is 8.65. The Bertz CT molecular complexity index is 510. The minimum absolute atomic E-state index is 0.0330. The zero-order chi connectivity index (χ0) is 13.0. The van der Waals surface area contributed by atoms with Crippen LogP contribution in [-0.4, -0.2) is 26.5 Å². The summed E-state index contributed by atoms with van der Waals surface area (Å²) < 4.78 is 5.14. The number of rotatable bonds is 6. The Kier molecular flexibility index (Phi) is 4.38. The molecule has 2 heterocycles. The molecule has 18 heavy (non-hydrogen) atoms. The van der Waals surface area contributed by atoms with Gasteiger partial charge in [-0.1, -0.05) is 12.1 Å². The van der Waals surface area contributed by atoms with E-state index in [1.807, 2.05) is 23.8 Å². The van der Waals surface area contributed by atoms with E-state index in [2.05, 4.69) is 10.1 Å². The van der Waals surface area contributed by atoms with Crippen LogP contribution in [0, 0.1) is 0 Å². The number of aromatic nitrogens is 2. The zero-order valence-corrected chi connectivity index (χ0v) is 11.3. The van der Waals surface area contributed by atoms with E-state index in [9.17, 15) is 4.79 Å². The Balaban J connectivity index is 1.89. The molecule has 96 valence electrons. The van der Waals surface area contributed by atoms with Crippen LogP contribution < -0.4 is 0 Å². The molecule has 0 fully saturated rings. The van der Waals surface area contributed by atoms with Gasteiger partial charge in [0.1, 0.15) is 0 Å². The lowest BCUT2D eigenvalue weighted by molar-refractivity contribution is -0.136. The highest BCUT2D eigenvalue weighted by molar-refractivity contribution is 7.99. The predicted molar refractivity (Wildman–Crippen MR) is 70.6 cm³/mol. The van der Waals surface area contributed by atoms with Crippen LogP contribution in [0.15, 0.2) is 21.3 Å². The summed E-state index contributed by atoms with van der Waals surface area (Å²) in [6.45, 7) is 1.87. The molecule has 0 spiro atoms. The first-order valence-corrected chi connectivity index (χ1v) is 7.33. The van der Waals surface area contributed by atoms with Crippen molar-refractivity contribution < 1.29 is 14.4 Å². The van der Waals surface area contributed by atoms with Crippen LogP contribution in [0.2, 0.25) is 0 Å². The Morgan fingerprint density at radius 3 is 3.17 bits per heavy atom. The molecule has 1 N–H and O–H groups in total. The van der Waals surface area contributed by atoms with Crippen LogP contribution in [0.3, 0.4) is 0 Å². The maximum absolute atomic E-state index is 10.5. The first kappa shape index (κ1) is 13.1. The topological polar surface area (TPSA) is 76.2 Å². The molecule has 0 aliphatic heterocycles. The SMILES string of the molecule is CC(CC(=O)O)SCc1noc(-c2ccsc2)n1. The molecule has 0 aliphatic carbocycles. The molecule has 0 saturated carbocycles. The fraction of sp³-hybridized carbons (Fsp3) is 0.364. The molecular weight excluding hydrogens is 272 g/mol. The Hall–Kier alpha value is -1.34. The van der Waals surface area contributed by atoms with Crippen LogP contribution in [0.1, 0.15) is 19.2 Å². The van der Waals surface area contributed by atoms with Crippen molar-refractivity contribution in [1.82, 2.24) is 10.1 Å². The van der Waals surface area contributed by atoms with Crippen LogP contribution in [-0.2, 0) is 10.5 Å². The molecule has 2 aromatic rings. The predicted octanol–water partition coefficient (Wildman–Crippen LogP) is 2.89. The minimum atomic E-state index is -0.790. The average molecular weight is 284 g/mol. The zero-order valence-electron chi connectivity index (χ0n) is 9.70. The maximum atomic E-state index is 10.5. The van der Waals surface area contributed by atoms with Crippen LogP contribution in [0.4, 0.5) is 0 Å². The number of carboxylic acid groups (broad SMARTS) is 1. The van der Waals surface area contributed by atoms with Crippen molar-refractivity contribution in [2.75, 3.05) is 0 Å². The maximum Gasteiger partial charge on any atom is 0.304 e. The fourth-order valence-electron chi connectivity index (χ4n) is 1.34. The molecular formula is C11H12N2O3S2. The second-order valence-electron chi connectivity index (χ2n) is 3.75. The number of hydrogen-bond acceptors (Lipinski definition) is 6. The number of thiophene rings is 1. The van der Waals surface area contributed by atoms with Crippen LogP contribution >= 0.6 is 23.1 Å². The molecule has 2 aromatic heterocycles. The van der Waals surface area contributed by atoms with Gasteiger partial charge in [0, 0.05) is 10.6 Å². The number of thioether (sulfide) groups is 1. The molecule has 5 nitrogen and oxygen atoms in total. The first-order valence-electron chi connectivity index (χ1n) is 5.33. The molecule has 2 rings (SSSR count). The van der Waals surface area contributed by atoms with Crippen molar-refractivity contribution in [3.63, 3.8) is 0 Å². The van der Waals surface area contributed by atoms with E-state index < -0.39 is 5.97 Å². The van der Waals surface area contributed by atoms with Gasteiger partial charge >= 0.3 is 5.97 Å². The van der Waals surface area contributed by atoms with Gasteiger partial charge < -0.3 is 9.63 Å². The lowest BCUT2D eigenvalue weighted by atomic mass is 10.3. The highest BCUT2D eigenvalue weighted by Gasteiger charge is 2.12. The largest absolute Gasteiger partial charge is 0.481 e. The second kappa shape index (κ2) is 6.01. The molecule has 0 bridgehead atoms. The van der Waals surface area contributed by atoms with Gasteiger partial charge in [0.2, 0.25) is 0 Å². The molecule has 1 atom stereocenters. The standard InChI is InChI=1S/C11H12N2O3S2/c1-7(4-10(14)15)18-6-9-12-11(16-13-9)8-2-3-17-5-8/h2-3,5,7H,4,6H2,1H3,(H,14,15). The van der Waals surface area contributed by atoms with Gasteiger partial charge in [-0.05, 0) is 11.4 Å². The van der Waals surface area contributed by atoms with Crippen molar-refractivity contribution in [3.8, 4) is 11.5 Å². The third-order valence-electron chi connectivity index (χ3n) is 2.20. The van der Waals surface area contributed by atoms with E-state index in [1.165, 1.54) is 11.8 Å². The summed E-state index contributed by atoms with van der Waals surface area (Å²) in [5, 5.41) is 16.4. The smallest absolute Gasteiger partial charge is 0.304 e. The quantitative estimate of drug-likeness (QED) is 0.879. The van der Waals surface area contributed by atoms with Crippen molar-refractivity contribution in [2.24, 2.45) is 0 Å². The highest BCUT2D eigenvalue weighted by Crippen LogP contribution is 2.23. The van der Waals surface area contributed by atoms with Crippen LogP contribution in [0.5, 0.6) is 0 Å². The number of aliphatic carboxylic acids is 1. The number of nitrogens with zero attached hydrogens (tertiary/aromatic N) is 2. The van der Waals surface area contributed by atoms with E-state index in [4.69, 9.17) is 9.63 Å². The third-order valence-corrected chi connectivity index (χ3v) is 4.04. The molecule has 0 radical (unpaired) electrons. The van der Waals surface area contributed by atoms with E-state index in [0.29, 0.717) is 17.5 Å². The Morgan fingerprint density at radius 1 is 1.67 bits per heavy atom. The molecule has 0 aliphatic rings. The molecule has 1 unspecified atom stereocenters. The summed E-state index contributed by atoms with van der Waals surface area (Å²) in [6, 6.07) is 1.92. The highest BCUT2D eigenvalue weighted by atomic mass is 32.2. The lowest BCUT2D eigenvalue weighted by Gasteiger charge is -2.05. The summed E-state index contributed by atoms with van der Waals surface area (Å²) in [5.74, 6) is 0.875. The monoisotopic (exact) mass is 284 g/mol. The van der Waals surface area contributed by atoms with Gasteiger partial charge in [0.15, 0.2) is 5.82 Å². The van der Waals surface area contributed by atoms with Crippen LogP contribution in [0.25, 0.3) is 11.5 Å². The van der Waals surface area contributed by atoms with Gasteiger partial charge in [-0.25, -0.2) is 0 Å². The van der Waals surface area contributed by atoms with E-state index >= 15 is 0 Å². The van der Waals surface area contributed by atoms with E-state index in [-0.39, 0.29) is 11.7 Å². The lowest BCUT2D eigenvalue weighted by Crippen LogP contribution is -2.06. The summed E-state index contributed by atoms with van der Waals surface area (Å²) in [7, 11) is 0. The Labute approximate surface area is 112 Å². The van der Waals surface area contributed by atoms with E-state index in [1.54, 1.807) is 11.3 Å². The van der Waals surface area contributed by atoms with Crippen molar-refractivity contribution in [3.05, 3.63) is 22.7 Å². The van der Waals surface area contributed by atoms with Crippen molar-refractivity contribution >= 4 is 29.1 Å². The second-order valence-corrected chi connectivity index (χ2v) is 5.95. The average Bonchev–Trinajstić information content (AvgIpc) is 2.96. The number of carboxylic acids is 1. The summed E-state index contributed by atoms with van der Waals surface area (Å²) in [5.41, 5.74) is 0.919.